The number of carbonyl (C=O) groups excluding carboxylic acids is 1. The van der Waals surface area contributed by atoms with Crippen molar-refractivity contribution in [3.8, 4) is 0 Å². The van der Waals surface area contributed by atoms with Gasteiger partial charge in [0.05, 0.1) is 11.3 Å². The van der Waals surface area contributed by atoms with Gasteiger partial charge in [-0.2, -0.15) is 0 Å². The number of nitrogens with zero attached hydrogens (tertiary/aromatic N) is 1. The minimum Gasteiger partial charge on any atom is -0.319 e. The van der Waals surface area contributed by atoms with Gasteiger partial charge in [0.2, 0.25) is 0 Å². The van der Waals surface area contributed by atoms with Crippen LogP contribution in [0.1, 0.15) is 11.1 Å². The number of nitrogens with one attached hydrogen (secondary N) is 1. The Hall–Kier alpha value is -2.69. The maximum Gasteiger partial charge on any atom is 0.350 e. The summed E-state index contributed by atoms with van der Waals surface area (Å²) in [5.74, 6) is -0.620. The molecule has 0 saturated carbocycles. The van der Waals surface area contributed by atoms with E-state index in [1.807, 2.05) is 0 Å². The number of amides is 1. The Morgan fingerprint density at radius 2 is 1.63 bits per heavy atom. The first-order valence-corrected chi connectivity index (χ1v) is 5.78. The number of benzene rings is 2. The van der Waals surface area contributed by atoms with E-state index < -0.39 is 16.4 Å². The van der Waals surface area contributed by atoms with Crippen molar-refractivity contribution in [3.63, 3.8) is 0 Å². The van der Waals surface area contributed by atoms with Crippen LogP contribution in [0.25, 0.3) is 0 Å². The number of rotatable bonds is 2. The van der Waals surface area contributed by atoms with Crippen molar-refractivity contribution in [1.29, 1.82) is 0 Å². The Morgan fingerprint density at radius 1 is 1.00 bits per heavy atom. The van der Waals surface area contributed by atoms with E-state index in [0.29, 0.717) is 16.8 Å². The van der Waals surface area contributed by atoms with Gasteiger partial charge in [-0.05, 0) is 12.1 Å². The molecule has 0 fully saturated rings. The van der Waals surface area contributed by atoms with Crippen molar-refractivity contribution in [2.24, 2.45) is 0 Å². The maximum absolute atomic E-state index is 12.2. The fourth-order valence-corrected chi connectivity index (χ4v) is 2.50. The second kappa shape index (κ2) is 3.91. The summed E-state index contributed by atoms with van der Waals surface area (Å²) in [4.78, 5) is 23.4. The van der Waals surface area contributed by atoms with Gasteiger partial charge in [-0.1, -0.05) is 42.5 Å². The zero-order valence-corrected chi connectivity index (χ0v) is 9.87. The highest BCUT2D eigenvalue weighted by molar-refractivity contribution is 6.07. The lowest BCUT2D eigenvalue weighted by Crippen LogP contribution is -2.43. The van der Waals surface area contributed by atoms with Crippen LogP contribution in [0.15, 0.2) is 54.6 Å². The number of hydrogen-bond acceptors (Lipinski definition) is 3. The summed E-state index contributed by atoms with van der Waals surface area (Å²) in [7, 11) is 0. The molecule has 0 saturated heterocycles. The number of hydrogen-bond donors (Lipinski definition) is 1. The Bertz CT molecular complexity index is 669. The van der Waals surface area contributed by atoms with Crippen LogP contribution in [0.4, 0.5) is 5.69 Å². The van der Waals surface area contributed by atoms with Crippen molar-refractivity contribution >= 4 is 11.6 Å². The van der Waals surface area contributed by atoms with Crippen LogP contribution in [0.2, 0.25) is 0 Å². The van der Waals surface area contributed by atoms with Gasteiger partial charge >= 0.3 is 11.4 Å². The van der Waals surface area contributed by atoms with Gasteiger partial charge in [-0.15, -0.1) is 0 Å². The van der Waals surface area contributed by atoms with Crippen LogP contribution in [-0.4, -0.2) is 10.8 Å². The zero-order chi connectivity index (χ0) is 13.5. The van der Waals surface area contributed by atoms with Gasteiger partial charge < -0.3 is 5.32 Å². The Kier molecular flexibility index (Phi) is 2.35. The van der Waals surface area contributed by atoms with Crippen molar-refractivity contribution in [2.75, 3.05) is 5.32 Å². The molecule has 0 unspecified atom stereocenters. The molecular weight excluding hydrogens is 244 g/mol. The van der Waals surface area contributed by atoms with Crippen molar-refractivity contribution in [1.82, 2.24) is 0 Å². The lowest BCUT2D eigenvalue weighted by molar-refractivity contribution is -0.546. The Balaban J connectivity index is 2.34. The monoisotopic (exact) mass is 254 g/mol. The molecule has 1 aliphatic heterocycles. The molecular formula is C14H10N2O3. The van der Waals surface area contributed by atoms with E-state index in [1.54, 1.807) is 54.6 Å². The fraction of sp³-hybridized carbons (Fsp3) is 0.0714. The third-order valence-corrected chi connectivity index (χ3v) is 3.36. The Morgan fingerprint density at radius 3 is 2.32 bits per heavy atom. The standard InChI is InChI=1S/C14H10N2O3/c17-13-14(16(18)19,10-6-2-1-3-7-10)11-8-4-5-9-12(11)15-13/h1-9H,(H,15,17)/t14-/m1/s1. The molecule has 0 spiro atoms. The highest BCUT2D eigenvalue weighted by Gasteiger charge is 2.59. The summed E-state index contributed by atoms with van der Waals surface area (Å²) < 4.78 is 0. The molecule has 94 valence electrons. The number of nitro groups is 1. The average molecular weight is 254 g/mol. The van der Waals surface area contributed by atoms with Crippen molar-refractivity contribution in [3.05, 3.63) is 75.8 Å². The van der Waals surface area contributed by atoms with Gasteiger partial charge in [0.15, 0.2) is 0 Å². The summed E-state index contributed by atoms with van der Waals surface area (Å²) in [6.07, 6.45) is 0. The van der Waals surface area contributed by atoms with Crippen LogP contribution in [0.3, 0.4) is 0 Å². The second-order valence-electron chi connectivity index (χ2n) is 4.33. The number of anilines is 1. The molecule has 1 heterocycles. The molecule has 0 radical (unpaired) electrons. The third-order valence-electron chi connectivity index (χ3n) is 3.36. The molecule has 1 atom stereocenters. The number of para-hydroxylation sites is 1. The summed E-state index contributed by atoms with van der Waals surface area (Å²) in [6.45, 7) is 0. The highest BCUT2D eigenvalue weighted by atomic mass is 16.6. The average Bonchev–Trinajstić information content (AvgIpc) is 2.72. The van der Waals surface area contributed by atoms with Crippen LogP contribution < -0.4 is 5.32 Å². The quantitative estimate of drug-likeness (QED) is 0.659. The van der Waals surface area contributed by atoms with E-state index in [1.165, 1.54) is 0 Å². The largest absolute Gasteiger partial charge is 0.350 e. The van der Waals surface area contributed by atoms with E-state index in [0.717, 1.165) is 0 Å². The minimum atomic E-state index is -1.85. The maximum atomic E-state index is 12.2. The van der Waals surface area contributed by atoms with E-state index in [-0.39, 0.29) is 0 Å². The summed E-state index contributed by atoms with van der Waals surface area (Å²) in [5, 5.41) is 14.2. The highest BCUT2D eigenvalue weighted by Crippen LogP contribution is 2.42. The van der Waals surface area contributed by atoms with Gasteiger partial charge in [0.25, 0.3) is 0 Å². The molecule has 2 aromatic rings. The predicted octanol–water partition coefficient (Wildman–Crippen LogP) is 2.16. The van der Waals surface area contributed by atoms with Crippen LogP contribution in [-0.2, 0) is 10.3 Å². The minimum absolute atomic E-state index is 0.363. The molecule has 19 heavy (non-hydrogen) atoms. The van der Waals surface area contributed by atoms with E-state index >= 15 is 0 Å². The summed E-state index contributed by atoms with van der Waals surface area (Å²) in [6, 6.07) is 15.1. The second-order valence-corrected chi connectivity index (χ2v) is 4.33. The molecule has 2 aromatic carbocycles. The molecule has 1 aliphatic rings. The fourth-order valence-electron chi connectivity index (χ4n) is 2.50. The molecule has 3 rings (SSSR count). The van der Waals surface area contributed by atoms with E-state index in [4.69, 9.17) is 0 Å². The molecule has 0 aliphatic carbocycles. The van der Waals surface area contributed by atoms with E-state index in [9.17, 15) is 14.9 Å². The first kappa shape index (κ1) is 11.4. The van der Waals surface area contributed by atoms with Crippen molar-refractivity contribution in [2.45, 2.75) is 5.54 Å². The summed E-state index contributed by atoms with van der Waals surface area (Å²) in [5.41, 5.74) is -0.607. The first-order valence-electron chi connectivity index (χ1n) is 5.78. The molecule has 0 bridgehead atoms. The Labute approximate surface area is 109 Å². The van der Waals surface area contributed by atoms with Gasteiger partial charge in [0.1, 0.15) is 0 Å². The zero-order valence-electron chi connectivity index (χ0n) is 9.87. The van der Waals surface area contributed by atoms with Gasteiger partial charge in [-0.25, -0.2) is 0 Å². The number of carbonyl (C=O) groups is 1. The van der Waals surface area contributed by atoms with Crippen LogP contribution >= 0.6 is 0 Å². The number of fused-ring (bicyclic) bond motifs is 1. The third kappa shape index (κ3) is 1.38. The predicted molar refractivity (Wildman–Crippen MR) is 69.3 cm³/mol. The smallest absolute Gasteiger partial charge is 0.319 e. The molecule has 1 amide bonds. The lowest BCUT2D eigenvalue weighted by atomic mass is 9.84. The van der Waals surface area contributed by atoms with Crippen molar-refractivity contribution < 1.29 is 9.72 Å². The molecule has 1 N–H and O–H groups in total. The molecule has 5 nitrogen and oxygen atoms in total. The van der Waals surface area contributed by atoms with Gasteiger partial charge in [-0.3, -0.25) is 14.9 Å². The SMILES string of the molecule is O=C1Nc2ccccc2[C@@]1(c1ccccc1)[N+](=O)[O-]. The first-order chi connectivity index (χ1) is 9.17. The molecule has 5 heteroatoms. The van der Waals surface area contributed by atoms with E-state index in [2.05, 4.69) is 5.32 Å². The lowest BCUT2D eigenvalue weighted by Gasteiger charge is -2.18. The summed E-state index contributed by atoms with van der Waals surface area (Å²) >= 11 is 0. The van der Waals surface area contributed by atoms with Gasteiger partial charge in [0, 0.05) is 10.5 Å². The topological polar surface area (TPSA) is 72.2 Å². The van der Waals surface area contributed by atoms with Crippen LogP contribution in [0.5, 0.6) is 0 Å². The normalized spacial score (nSPS) is 20.7. The van der Waals surface area contributed by atoms with Crippen LogP contribution in [0, 0.1) is 10.1 Å². The molecule has 0 aromatic heterocycles.